The van der Waals surface area contributed by atoms with Crippen LogP contribution in [0.5, 0.6) is 0 Å². The Morgan fingerprint density at radius 3 is 2.49 bits per heavy atom. The number of hydrogen-bond donors (Lipinski definition) is 2. The number of halogens is 4. The SMILES string of the molecule is CCS(=O)(=O)Nc1ccc(CNC(=O)c2ccc3c(ccn3Cc3cccc(F)c3)c2)c(C(F)(F)F)c1. The summed E-state index contributed by atoms with van der Waals surface area (Å²) in [6.07, 6.45) is -2.95. The minimum atomic E-state index is -4.75. The third kappa shape index (κ3) is 6.29. The number of anilines is 1. The molecule has 11 heteroatoms. The van der Waals surface area contributed by atoms with Crippen molar-refractivity contribution >= 4 is 32.5 Å². The van der Waals surface area contributed by atoms with Gasteiger partial charge in [-0.3, -0.25) is 9.52 Å². The zero-order valence-corrected chi connectivity index (χ0v) is 20.5. The minimum Gasteiger partial charge on any atom is -0.348 e. The number of carbonyl (C=O) groups excluding carboxylic acids is 1. The van der Waals surface area contributed by atoms with Gasteiger partial charge < -0.3 is 9.88 Å². The lowest BCUT2D eigenvalue weighted by Gasteiger charge is -2.16. The fourth-order valence-electron chi connectivity index (χ4n) is 3.90. The molecule has 3 aromatic carbocycles. The Morgan fingerprint density at radius 2 is 1.78 bits per heavy atom. The van der Waals surface area contributed by atoms with Gasteiger partial charge in [0, 0.05) is 41.4 Å². The smallest absolute Gasteiger partial charge is 0.348 e. The summed E-state index contributed by atoms with van der Waals surface area (Å²) in [4.78, 5) is 12.7. The normalized spacial score (nSPS) is 12.0. The molecule has 0 aliphatic carbocycles. The topological polar surface area (TPSA) is 80.2 Å². The summed E-state index contributed by atoms with van der Waals surface area (Å²) < 4.78 is 81.8. The first-order chi connectivity index (χ1) is 17.4. The molecule has 0 saturated carbocycles. The lowest BCUT2D eigenvalue weighted by molar-refractivity contribution is -0.138. The molecular formula is C26H23F4N3O3S. The second kappa shape index (κ2) is 10.3. The highest BCUT2D eigenvalue weighted by molar-refractivity contribution is 7.92. The van der Waals surface area contributed by atoms with Crippen molar-refractivity contribution in [2.45, 2.75) is 26.2 Å². The summed E-state index contributed by atoms with van der Waals surface area (Å²) in [5, 5.41) is 3.24. The number of carbonyl (C=O) groups is 1. The number of hydrogen-bond acceptors (Lipinski definition) is 3. The Balaban J connectivity index is 1.50. The average molecular weight is 534 g/mol. The molecule has 6 nitrogen and oxygen atoms in total. The highest BCUT2D eigenvalue weighted by Gasteiger charge is 2.34. The number of sulfonamides is 1. The highest BCUT2D eigenvalue weighted by atomic mass is 32.2. The van der Waals surface area contributed by atoms with E-state index in [1.165, 1.54) is 25.1 Å². The van der Waals surface area contributed by atoms with Gasteiger partial charge in [0.1, 0.15) is 5.82 Å². The maximum absolute atomic E-state index is 13.6. The molecule has 1 heterocycles. The Labute approximate surface area is 211 Å². The van der Waals surface area contributed by atoms with Gasteiger partial charge in [-0.1, -0.05) is 18.2 Å². The Hall–Kier alpha value is -3.86. The summed E-state index contributed by atoms with van der Waals surface area (Å²) in [6.45, 7) is 1.39. The van der Waals surface area contributed by atoms with E-state index in [-0.39, 0.29) is 28.4 Å². The van der Waals surface area contributed by atoms with Crippen LogP contribution < -0.4 is 10.0 Å². The summed E-state index contributed by atoms with van der Waals surface area (Å²) >= 11 is 0. The Morgan fingerprint density at radius 1 is 1.00 bits per heavy atom. The van der Waals surface area contributed by atoms with Gasteiger partial charge in [0.15, 0.2) is 0 Å². The van der Waals surface area contributed by atoms with E-state index in [9.17, 15) is 30.8 Å². The lowest BCUT2D eigenvalue weighted by atomic mass is 10.1. The molecule has 0 aliphatic heterocycles. The molecule has 0 radical (unpaired) electrons. The molecule has 2 N–H and O–H groups in total. The molecule has 1 aromatic heterocycles. The minimum absolute atomic E-state index is 0.206. The number of fused-ring (bicyclic) bond motifs is 1. The van der Waals surface area contributed by atoms with Gasteiger partial charge in [-0.05, 0) is 66.6 Å². The van der Waals surface area contributed by atoms with Crippen molar-refractivity contribution in [1.29, 1.82) is 0 Å². The number of rotatable bonds is 8. The first kappa shape index (κ1) is 26.2. The molecule has 0 bridgehead atoms. The number of alkyl halides is 3. The van der Waals surface area contributed by atoms with Crippen LogP contribution in [0.4, 0.5) is 23.2 Å². The first-order valence-corrected chi connectivity index (χ1v) is 12.9. The molecule has 0 atom stereocenters. The standard InChI is InChI=1S/C26H23F4N3O3S/c1-2-37(35,36)32-22-8-6-20(23(14-22)26(28,29)30)15-31-25(34)19-7-9-24-18(13-19)10-11-33(24)16-17-4-3-5-21(27)12-17/h3-14,32H,2,15-16H2,1H3,(H,31,34). The number of nitrogens with zero attached hydrogens (tertiary/aromatic N) is 1. The van der Waals surface area contributed by atoms with Crippen LogP contribution in [0, 0.1) is 5.82 Å². The monoisotopic (exact) mass is 533 g/mol. The quantitative estimate of drug-likeness (QED) is 0.292. The third-order valence-electron chi connectivity index (χ3n) is 5.78. The maximum atomic E-state index is 13.6. The van der Waals surface area contributed by atoms with Gasteiger partial charge in [-0.25, -0.2) is 12.8 Å². The van der Waals surface area contributed by atoms with E-state index < -0.39 is 34.2 Å². The summed E-state index contributed by atoms with van der Waals surface area (Å²) in [5.74, 6) is -1.19. The molecule has 0 fully saturated rings. The molecule has 194 valence electrons. The number of nitrogens with one attached hydrogen (secondary N) is 2. The van der Waals surface area contributed by atoms with Crippen LogP contribution in [-0.2, 0) is 29.3 Å². The van der Waals surface area contributed by atoms with E-state index >= 15 is 0 Å². The van der Waals surface area contributed by atoms with Crippen molar-refractivity contribution in [1.82, 2.24) is 9.88 Å². The van der Waals surface area contributed by atoms with Crippen molar-refractivity contribution in [3.05, 3.63) is 101 Å². The van der Waals surface area contributed by atoms with E-state index in [2.05, 4.69) is 10.0 Å². The molecule has 1 amide bonds. The fourth-order valence-corrected chi connectivity index (χ4v) is 4.53. The average Bonchev–Trinajstić information content (AvgIpc) is 3.24. The van der Waals surface area contributed by atoms with Crippen molar-refractivity contribution < 1.29 is 30.8 Å². The number of aromatic nitrogens is 1. The summed E-state index contributed by atoms with van der Waals surface area (Å²) in [6, 6.07) is 16.0. The maximum Gasteiger partial charge on any atom is 0.416 e. The van der Waals surface area contributed by atoms with Crippen molar-refractivity contribution in [3.63, 3.8) is 0 Å². The number of amides is 1. The van der Waals surface area contributed by atoms with Gasteiger partial charge >= 0.3 is 6.18 Å². The van der Waals surface area contributed by atoms with Crippen LogP contribution in [0.15, 0.2) is 72.9 Å². The predicted octanol–water partition coefficient (Wildman–Crippen LogP) is 5.54. The highest BCUT2D eigenvalue weighted by Crippen LogP contribution is 2.34. The second-order valence-electron chi connectivity index (χ2n) is 8.41. The van der Waals surface area contributed by atoms with Gasteiger partial charge in [0.05, 0.1) is 11.3 Å². The zero-order valence-electron chi connectivity index (χ0n) is 19.6. The van der Waals surface area contributed by atoms with Gasteiger partial charge in [-0.2, -0.15) is 13.2 Å². The van der Waals surface area contributed by atoms with Crippen LogP contribution in [-0.4, -0.2) is 24.6 Å². The van der Waals surface area contributed by atoms with E-state index in [1.54, 1.807) is 42.6 Å². The van der Waals surface area contributed by atoms with E-state index in [0.717, 1.165) is 22.5 Å². The molecule has 0 unspecified atom stereocenters. The number of benzene rings is 3. The van der Waals surface area contributed by atoms with Crippen LogP contribution in [0.3, 0.4) is 0 Å². The third-order valence-corrected chi connectivity index (χ3v) is 7.09. The molecule has 0 aliphatic rings. The van der Waals surface area contributed by atoms with Gasteiger partial charge in [0.25, 0.3) is 5.91 Å². The van der Waals surface area contributed by atoms with Crippen molar-refractivity contribution in [2.24, 2.45) is 0 Å². The molecular weight excluding hydrogens is 510 g/mol. The van der Waals surface area contributed by atoms with Gasteiger partial charge in [-0.15, -0.1) is 0 Å². The molecule has 0 saturated heterocycles. The molecule has 4 aromatic rings. The van der Waals surface area contributed by atoms with Crippen molar-refractivity contribution in [3.8, 4) is 0 Å². The lowest BCUT2D eigenvalue weighted by Crippen LogP contribution is -2.24. The second-order valence-corrected chi connectivity index (χ2v) is 10.4. The van der Waals surface area contributed by atoms with E-state index in [0.29, 0.717) is 12.6 Å². The first-order valence-electron chi connectivity index (χ1n) is 11.3. The van der Waals surface area contributed by atoms with Crippen LogP contribution in [0.1, 0.15) is 34.0 Å². The van der Waals surface area contributed by atoms with E-state index in [4.69, 9.17) is 0 Å². The molecule has 4 rings (SSSR count). The fraction of sp³-hybridized carbons (Fsp3) is 0.192. The molecule has 37 heavy (non-hydrogen) atoms. The Bertz CT molecular complexity index is 1560. The van der Waals surface area contributed by atoms with Crippen LogP contribution in [0.25, 0.3) is 10.9 Å². The largest absolute Gasteiger partial charge is 0.416 e. The van der Waals surface area contributed by atoms with Crippen molar-refractivity contribution in [2.75, 3.05) is 10.5 Å². The van der Waals surface area contributed by atoms with Gasteiger partial charge in [0.2, 0.25) is 10.0 Å². The van der Waals surface area contributed by atoms with Crippen LogP contribution in [0.2, 0.25) is 0 Å². The zero-order chi connectivity index (χ0) is 26.8. The predicted molar refractivity (Wildman–Crippen MR) is 133 cm³/mol. The summed E-state index contributed by atoms with van der Waals surface area (Å²) in [7, 11) is -3.75. The van der Waals surface area contributed by atoms with Crippen LogP contribution >= 0.6 is 0 Å². The molecule has 0 spiro atoms. The summed E-state index contributed by atoms with van der Waals surface area (Å²) in [5.41, 5.74) is 0.379. The Kier molecular flexibility index (Phi) is 7.26. The van der Waals surface area contributed by atoms with E-state index in [1.807, 2.05) is 4.57 Å².